The molecule has 1 amide bonds. The third-order valence-electron chi connectivity index (χ3n) is 6.64. The summed E-state index contributed by atoms with van der Waals surface area (Å²) in [5.41, 5.74) is 1.16. The van der Waals surface area contributed by atoms with Crippen LogP contribution in [0.2, 0.25) is 0 Å². The van der Waals surface area contributed by atoms with Gasteiger partial charge in [0.25, 0.3) is 5.91 Å². The van der Waals surface area contributed by atoms with Crippen LogP contribution < -0.4 is 0 Å². The topological polar surface area (TPSA) is 56.9 Å². The van der Waals surface area contributed by atoms with Crippen molar-refractivity contribution >= 4 is 28.6 Å². The Hall–Kier alpha value is -2.42. The van der Waals surface area contributed by atoms with Gasteiger partial charge in [-0.2, -0.15) is 11.8 Å². The van der Waals surface area contributed by atoms with Crippen molar-refractivity contribution in [2.24, 2.45) is 0 Å². The number of nitrogens with zero attached hydrogens (tertiary/aromatic N) is 2. The zero-order valence-electron chi connectivity index (χ0n) is 18.2. The summed E-state index contributed by atoms with van der Waals surface area (Å²) in [6, 6.07) is 11.3. The number of aliphatic hydroxyl groups is 1. The highest BCUT2D eigenvalue weighted by Gasteiger charge is 2.34. The van der Waals surface area contributed by atoms with Gasteiger partial charge in [0.2, 0.25) is 0 Å². The summed E-state index contributed by atoms with van der Waals surface area (Å²) in [5.74, 6) is 0.444. The number of fused-ring (bicyclic) bond motifs is 1. The number of halogens is 2. The predicted molar refractivity (Wildman–Crippen MR) is 124 cm³/mol. The summed E-state index contributed by atoms with van der Waals surface area (Å²) in [4.78, 5) is 16.7. The van der Waals surface area contributed by atoms with Crippen LogP contribution in [0.15, 0.2) is 46.9 Å². The van der Waals surface area contributed by atoms with Crippen molar-refractivity contribution in [1.82, 2.24) is 9.80 Å². The number of piperidine rings is 1. The zero-order valence-corrected chi connectivity index (χ0v) is 19.0. The lowest BCUT2D eigenvalue weighted by atomic mass is 9.84. The highest BCUT2D eigenvalue weighted by molar-refractivity contribution is 7.99. The van der Waals surface area contributed by atoms with Gasteiger partial charge >= 0.3 is 0 Å². The third-order valence-corrected chi connectivity index (χ3v) is 7.58. The van der Waals surface area contributed by atoms with Crippen LogP contribution >= 0.6 is 11.8 Å². The van der Waals surface area contributed by atoms with Gasteiger partial charge < -0.3 is 14.4 Å². The first-order valence-corrected chi connectivity index (χ1v) is 12.4. The molecule has 2 aliphatic heterocycles. The average molecular weight is 473 g/mol. The minimum absolute atomic E-state index is 0.0858. The fourth-order valence-electron chi connectivity index (χ4n) is 4.63. The normalized spacial score (nSPS) is 19.2. The largest absolute Gasteiger partial charge is 0.451 e. The molecular formula is C25H26F2N2O3S. The number of furan rings is 1. The monoisotopic (exact) mass is 472 g/mol. The van der Waals surface area contributed by atoms with Crippen LogP contribution in [0.4, 0.5) is 8.78 Å². The maximum Gasteiger partial charge on any atom is 0.289 e. The average Bonchev–Trinajstić information content (AvgIpc) is 3.27. The Morgan fingerprint density at radius 3 is 2.48 bits per heavy atom. The smallest absolute Gasteiger partial charge is 0.289 e. The van der Waals surface area contributed by atoms with Crippen molar-refractivity contribution in [3.8, 4) is 0 Å². The van der Waals surface area contributed by atoms with Crippen LogP contribution in [0, 0.1) is 11.6 Å². The lowest BCUT2D eigenvalue weighted by molar-refractivity contribution is -0.0276. The number of thioether (sulfide) groups is 1. The summed E-state index contributed by atoms with van der Waals surface area (Å²) < 4.78 is 32.5. The Kier molecular flexibility index (Phi) is 6.16. The Labute approximate surface area is 195 Å². The SMILES string of the molecule is O=C(c1cc2cc(C3(O)CCN(Cc4ccc(F)c(F)c4)CC3)ccc2o1)N1CCSCC1. The molecule has 0 spiro atoms. The van der Waals surface area contributed by atoms with Crippen LogP contribution in [0.1, 0.15) is 34.5 Å². The van der Waals surface area contributed by atoms with Gasteiger partial charge in [-0.25, -0.2) is 8.78 Å². The number of hydrogen-bond donors (Lipinski definition) is 1. The van der Waals surface area contributed by atoms with Crippen LogP contribution in [0.3, 0.4) is 0 Å². The molecule has 5 nitrogen and oxygen atoms in total. The first-order chi connectivity index (χ1) is 15.9. The van der Waals surface area contributed by atoms with Crippen molar-refractivity contribution < 1.29 is 23.1 Å². The van der Waals surface area contributed by atoms with Gasteiger partial charge in [0.05, 0.1) is 5.60 Å². The molecule has 0 atom stereocenters. The Morgan fingerprint density at radius 2 is 1.76 bits per heavy atom. The second kappa shape index (κ2) is 9.08. The van der Waals surface area contributed by atoms with Crippen LogP contribution in [-0.2, 0) is 12.1 Å². The van der Waals surface area contributed by atoms with E-state index in [0.29, 0.717) is 49.4 Å². The number of carbonyl (C=O) groups is 1. The Balaban J connectivity index is 1.27. The van der Waals surface area contributed by atoms with Crippen LogP contribution in [0.5, 0.6) is 0 Å². The molecule has 33 heavy (non-hydrogen) atoms. The number of amides is 1. The van der Waals surface area contributed by atoms with E-state index in [4.69, 9.17) is 4.42 Å². The van der Waals surface area contributed by atoms with Crippen LogP contribution in [0.25, 0.3) is 11.0 Å². The summed E-state index contributed by atoms with van der Waals surface area (Å²) in [7, 11) is 0. The molecule has 2 aliphatic rings. The number of carbonyl (C=O) groups excluding carboxylic acids is 1. The zero-order chi connectivity index (χ0) is 23.0. The molecule has 1 aromatic heterocycles. The van der Waals surface area contributed by atoms with E-state index in [-0.39, 0.29) is 5.91 Å². The van der Waals surface area contributed by atoms with Crippen molar-refractivity contribution in [3.05, 3.63) is 71.0 Å². The van der Waals surface area contributed by atoms with Gasteiger partial charge in [0.15, 0.2) is 17.4 Å². The molecule has 3 heterocycles. The van der Waals surface area contributed by atoms with Crippen LogP contribution in [-0.4, -0.2) is 58.5 Å². The fourth-order valence-corrected chi connectivity index (χ4v) is 5.53. The van der Waals surface area contributed by atoms with E-state index in [9.17, 15) is 18.7 Å². The minimum Gasteiger partial charge on any atom is -0.451 e. The molecule has 2 saturated heterocycles. The van der Waals surface area contributed by atoms with Crippen molar-refractivity contribution in [1.29, 1.82) is 0 Å². The standard InChI is InChI=1S/C25H26F2N2O3S/c26-20-3-1-17(13-21(20)27)16-28-7-5-25(31,6-8-28)19-2-4-22-18(14-19)15-23(32-22)24(30)29-9-11-33-12-10-29/h1-4,13-15,31H,5-12,16H2. The Bertz CT molecular complexity index is 1170. The highest BCUT2D eigenvalue weighted by atomic mass is 32.2. The molecule has 8 heteroatoms. The lowest BCUT2D eigenvalue weighted by Gasteiger charge is -2.38. The number of benzene rings is 2. The molecule has 0 unspecified atom stereocenters. The Morgan fingerprint density at radius 1 is 1.00 bits per heavy atom. The molecular weight excluding hydrogens is 446 g/mol. The molecule has 174 valence electrons. The highest BCUT2D eigenvalue weighted by Crippen LogP contribution is 2.35. The van der Waals surface area contributed by atoms with E-state index >= 15 is 0 Å². The first kappa shape index (κ1) is 22.4. The van der Waals surface area contributed by atoms with Gasteiger partial charge in [0.1, 0.15) is 5.58 Å². The molecule has 5 rings (SSSR count). The van der Waals surface area contributed by atoms with E-state index in [1.54, 1.807) is 12.1 Å². The molecule has 1 N–H and O–H groups in total. The van der Waals surface area contributed by atoms with E-state index in [2.05, 4.69) is 4.90 Å². The number of rotatable bonds is 4. The minimum atomic E-state index is -0.982. The second-order valence-electron chi connectivity index (χ2n) is 8.82. The molecule has 0 saturated carbocycles. The van der Waals surface area contributed by atoms with Gasteiger partial charge in [-0.3, -0.25) is 9.69 Å². The molecule has 3 aromatic rings. The second-order valence-corrected chi connectivity index (χ2v) is 10.0. The fraction of sp³-hybridized carbons (Fsp3) is 0.400. The van der Waals surface area contributed by atoms with Gasteiger partial charge in [-0.1, -0.05) is 12.1 Å². The molecule has 2 aromatic carbocycles. The molecule has 0 bridgehead atoms. The predicted octanol–water partition coefficient (Wildman–Crippen LogP) is 4.38. The number of likely N-dealkylation sites (tertiary alicyclic amines) is 1. The lowest BCUT2D eigenvalue weighted by Crippen LogP contribution is -2.42. The van der Waals surface area contributed by atoms with E-state index in [0.717, 1.165) is 41.6 Å². The maximum atomic E-state index is 13.5. The summed E-state index contributed by atoms with van der Waals surface area (Å²) in [5, 5.41) is 12.1. The molecule has 0 radical (unpaired) electrons. The van der Waals surface area contributed by atoms with E-state index < -0.39 is 17.2 Å². The van der Waals surface area contributed by atoms with Crippen molar-refractivity contribution in [3.63, 3.8) is 0 Å². The molecule has 0 aliphatic carbocycles. The maximum absolute atomic E-state index is 13.5. The number of hydrogen-bond acceptors (Lipinski definition) is 5. The van der Waals surface area contributed by atoms with Gasteiger partial charge in [0, 0.05) is 49.6 Å². The van der Waals surface area contributed by atoms with Crippen molar-refractivity contribution in [2.45, 2.75) is 25.0 Å². The summed E-state index contributed by atoms with van der Waals surface area (Å²) >= 11 is 1.85. The van der Waals surface area contributed by atoms with Crippen molar-refractivity contribution in [2.75, 3.05) is 37.7 Å². The molecule has 2 fully saturated rings. The van der Waals surface area contributed by atoms with E-state index in [1.807, 2.05) is 34.9 Å². The summed E-state index contributed by atoms with van der Waals surface area (Å²) in [6.45, 7) is 3.24. The summed E-state index contributed by atoms with van der Waals surface area (Å²) in [6.07, 6.45) is 1.05. The van der Waals surface area contributed by atoms with E-state index in [1.165, 1.54) is 6.07 Å². The first-order valence-electron chi connectivity index (χ1n) is 11.2. The third kappa shape index (κ3) is 4.65. The van der Waals surface area contributed by atoms with Gasteiger partial charge in [-0.05, 0) is 54.3 Å². The quantitative estimate of drug-likeness (QED) is 0.611. The van der Waals surface area contributed by atoms with Gasteiger partial charge in [-0.15, -0.1) is 0 Å².